The van der Waals surface area contributed by atoms with Crippen molar-refractivity contribution in [3.8, 4) is 11.3 Å². The highest BCUT2D eigenvalue weighted by Crippen LogP contribution is 2.28. The maximum atomic E-state index is 5.02. The van der Waals surface area contributed by atoms with Crippen LogP contribution in [0.2, 0.25) is 0 Å². The van der Waals surface area contributed by atoms with Crippen LogP contribution in [0.3, 0.4) is 0 Å². The second-order valence-electron chi connectivity index (χ2n) is 3.64. The Morgan fingerprint density at radius 1 is 1.35 bits per heavy atom. The van der Waals surface area contributed by atoms with E-state index in [1.807, 2.05) is 12.1 Å². The number of nitrogens with zero attached hydrogens (tertiary/aromatic N) is 1. The molecule has 3 nitrogen and oxygen atoms in total. The van der Waals surface area contributed by atoms with E-state index in [0.29, 0.717) is 6.61 Å². The van der Waals surface area contributed by atoms with Crippen LogP contribution in [0.15, 0.2) is 28.7 Å². The molecule has 1 heterocycles. The second kappa shape index (κ2) is 5.73. The lowest BCUT2D eigenvalue weighted by Gasteiger charge is -1.98. The average molecular weight is 313 g/mol. The van der Waals surface area contributed by atoms with Crippen LogP contribution in [0.5, 0.6) is 0 Å². The summed E-state index contributed by atoms with van der Waals surface area (Å²) in [7, 11) is 0. The smallest absolute Gasteiger partial charge is 0.0959 e. The number of benzene rings is 1. The largest absolute Gasteiger partial charge is 0.304 e. The van der Waals surface area contributed by atoms with E-state index in [0.717, 1.165) is 27.2 Å². The van der Waals surface area contributed by atoms with E-state index in [1.54, 1.807) is 11.3 Å². The lowest BCUT2D eigenvalue weighted by molar-refractivity contribution is 0.141. The zero-order valence-electron chi connectivity index (χ0n) is 9.44. The number of thiazole rings is 1. The minimum absolute atomic E-state index is 0.507. The number of halogens is 1. The van der Waals surface area contributed by atoms with Crippen LogP contribution in [0.1, 0.15) is 9.88 Å². The summed E-state index contributed by atoms with van der Waals surface area (Å²) >= 11 is 5.12. The molecular weight excluding hydrogens is 300 g/mol. The Morgan fingerprint density at radius 2 is 2.06 bits per heavy atom. The number of aryl methyl sites for hydroxylation is 1. The Bertz CT molecular complexity index is 496. The molecule has 1 aromatic heterocycles. The molecule has 17 heavy (non-hydrogen) atoms. The van der Waals surface area contributed by atoms with Gasteiger partial charge in [0.15, 0.2) is 0 Å². The van der Waals surface area contributed by atoms with Crippen LogP contribution in [0.25, 0.3) is 11.3 Å². The molecule has 5 heteroatoms. The summed E-state index contributed by atoms with van der Waals surface area (Å²) < 4.78 is 1.07. The van der Waals surface area contributed by atoms with Gasteiger partial charge in [-0.2, -0.15) is 0 Å². The normalized spacial score (nSPS) is 10.8. The molecule has 2 N–H and O–H groups in total. The number of aromatic nitrogens is 1. The standard InChI is InChI=1S/C12H13BrN2OS/c1-8-12(9-2-4-10(13)5-3-9)15-11(17-8)6-7-16-14/h2-5H,6-7,14H2,1H3. The number of hydrogen-bond acceptors (Lipinski definition) is 4. The Balaban J connectivity index is 2.26. The van der Waals surface area contributed by atoms with Gasteiger partial charge in [-0.3, -0.25) is 0 Å². The predicted molar refractivity (Wildman–Crippen MR) is 73.8 cm³/mol. The molecule has 0 atom stereocenters. The van der Waals surface area contributed by atoms with Crippen molar-refractivity contribution in [2.45, 2.75) is 13.3 Å². The molecule has 0 saturated heterocycles. The number of nitrogens with two attached hydrogens (primary N) is 1. The molecule has 0 spiro atoms. The first-order valence-corrected chi connectivity index (χ1v) is 6.85. The van der Waals surface area contributed by atoms with Crippen LogP contribution in [-0.4, -0.2) is 11.6 Å². The lowest BCUT2D eigenvalue weighted by atomic mass is 10.1. The maximum Gasteiger partial charge on any atom is 0.0959 e. The predicted octanol–water partition coefficient (Wildman–Crippen LogP) is 3.31. The van der Waals surface area contributed by atoms with E-state index in [-0.39, 0.29) is 0 Å². The van der Waals surface area contributed by atoms with E-state index in [4.69, 9.17) is 5.90 Å². The molecule has 0 saturated carbocycles. The van der Waals surface area contributed by atoms with Crippen LogP contribution in [0.4, 0.5) is 0 Å². The minimum atomic E-state index is 0.507. The summed E-state index contributed by atoms with van der Waals surface area (Å²) in [4.78, 5) is 10.4. The van der Waals surface area contributed by atoms with Gasteiger partial charge in [0.25, 0.3) is 0 Å². The first kappa shape index (κ1) is 12.7. The van der Waals surface area contributed by atoms with E-state index >= 15 is 0 Å². The van der Waals surface area contributed by atoms with E-state index in [1.165, 1.54) is 4.88 Å². The monoisotopic (exact) mass is 312 g/mol. The Kier molecular flexibility index (Phi) is 4.28. The van der Waals surface area contributed by atoms with Gasteiger partial charge in [-0.05, 0) is 19.1 Å². The molecule has 0 radical (unpaired) electrons. The Labute approximate surface area is 113 Å². The fourth-order valence-electron chi connectivity index (χ4n) is 1.58. The first-order valence-electron chi connectivity index (χ1n) is 5.24. The van der Waals surface area contributed by atoms with Crippen molar-refractivity contribution >= 4 is 27.3 Å². The van der Waals surface area contributed by atoms with Gasteiger partial charge in [-0.25, -0.2) is 10.9 Å². The van der Waals surface area contributed by atoms with Crippen molar-refractivity contribution in [1.82, 2.24) is 4.98 Å². The Hall–Kier alpha value is -0.750. The topological polar surface area (TPSA) is 48.1 Å². The van der Waals surface area contributed by atoms with Crippen molar-refractivity contribution in [3.05, 3.63) is 38.6 Å². The molecular formula is C12H13BrN2OS. The zero-order chi connectivity index (χ0) is 12.3. The van der Waals surface area contributed by atoms with Gasteiger partial charge < -0.3 is 4.84 Å². The van der Waals surface area contributed by atoms with Gasteiger partial charge in [0, 0.05) is 21.3 Å². The van der Waals surface area contributed by atoms with Crippen LogP contribution < -0.4 is 5.90 Å². The van der Waals surface area contributed by atoms with Gasteiger partial charge in [-0.1, -0.05) is 28.1 Å². The SMILES string of the molecule is Cc1sc(CCON)nc1-c1ccc(Br)cc1. The van der Waals surface area contributed by atoms with Crippen molar-refractivity contribution in [2.75, 3.05) is 6.61 Å². The third kappa shape index (κ3) is 3.13. The van der Waals surface area contributed by atoms with Gasteiger partial charge in [-0.15, -0.1) is 11.3 Å². The summed E-state index contributed by atoms with van der Waals surface area (Å²) in [6.07, 6.45) is 0.762. The van der Waals surface area contributed by atoms with Crippen LogP contribution in [-0.2, 0) is 11.3 Å². The summed E-state index contributed by atoms with van der Waals surface area (Å²) in [5.74, 6) is 5.02. The van der Waals surface area contributed by atoms with Gasteiger partial charge in [0.1, 0.15) is 0 Å². The molecule has 90 valence electrons. The molecule has 0 aliphatic carbocycles. The molecule has 2 aromatic rings. The zero-order valence-corrected chi connectivity index (χ0v) is 11.8. The minimum Gasteiger partial charge on any atom is -0.304 e. The highest BCUT2D eigenvalue weighted by Gasteiger charge is 2.09. The van der Waals surface area contributed by atoms with Crippen molar-refractivity contribution in [3.63, 3.8) is 0 Å². The van der Waals surface area contributed by atoms with E-state index < -0.39 is 0 Å². The van der Waals surface area contributed by atoms with Crippen LogP contribution >= 0.6 is 27.3 Å². The van der Waals surface area contributed by atoms with Gasteiger partial charge in [0.2, 0.25) is 0 Å². The maximum absolute atomic E-state index is 5.02. The summed E-state index contributed by atoms with van der Waals surface area (Å²) in [5, 5.41) is 1.06. The quantitative estimate of drug-likeness (QED) is 0.881. The highest BCUT2D eigenvalue weighted by molar-refractivity contribution is 9.10. The molecule has 0 fully saturated rings. The summed E-state index contributed by atoms with van der Waals surface area (Å²) in [5.41, 5.74) is 2.19. The summed E-state index contributed by atoms with van der Waals surface area (Å²) in [6, 6.07) is 8.18. The fourth-order valence-corrected chi connectivity index (χ4v) is 2.78. The van der Waals surface area contributed by atoms with E-state index in [2.05, 4.69) is 44.8 Å². The highest BCUT2D eigenvalue weighted by atomic mass is 79.9. The second-order valence-corrected chi connectivity index (χ2v) is 5.84. The molecule has 0 unspecified atom stereocenters. The third-order valence-electron chi connectivity index (χ3n) is 2.39. The third-order valence-corrected chi connectivity index (χ3v) is 3.95. The fraction of sp³-hybridized carbons (Fsp3) is 0.250. The molecule has 0 amide bonds. The number of rotatable bonds is 4. The van der Waals surface area contributed by atoms with E-state index in [9.17, 15) is 0 Å². The average Bonchev–Trinajstić information content (AvgIpc) is 2.69. The van der Waals surface area contributed by atoms with Crippen LogP contribution in [0, 0.1) is 6.92 Å². The molecule has 0 bridgehead atoms. The van der Waals surface area contributed by atoms with Gasteiger partial charge in [0.05, 0.1) is 17.3 Å². The molecule has 0 aliphatic rings. The molecule has 1 aromatic carbocycles. The van der Waals surface area contributed by atoms with Crippen molar-refractivity contribution in [2.24, 2.45) is 5.90 Å². The lowest BCUT2D eigenvalue weighted by Crippen LogP contribution is -2.03. The van der Waals surface area contributed by atoms with Gasteiger partial charge >= 0.3 is 0 Å². The Morgan fingerprint density at radius 3 is 2.71 bits per heavy atom. The summed E-state index contributed by atoms with van der Waals surface area (Å²) in [6.45, 7) is 2.59. The number of hydrogen-bond donors (Lipinski definition) is 1. The molecule has 2 rings (SSSR count). The first-order chi connectivity index (χ1) is 8.20. The van der Waals surface area contributed by atoms with Crippen molar-refractivity contribution in [1.29, 1.82) is 0 Å². The van der Waals surface area contributed by atoms with Crippen molar-refractivity contribution < 1.29 is 4.84 Å². The molecule has 0 aliphatic heterocycles.